The van der Waals surface area contributed by atoms with Crippen molar-refractivity contribution in [2.45, 2.75) is 40.0 Å². The largest absolute Gasteiger partial charge is 0.402 e. The molecule has 6 nitrogen and oxygen atoms in total. The first-order valence-corrected chi connectivity index (χ1v) is 6.99. The fourth-order valence-corrected chi connectivity index (χ4v) is 2.46. The molecule has 19 heavy (non-hydrogen) atoms. The molecule has 102 valence electrons. The van der Waals surface area contributed by atoms with Gasteiger partial charge in [0, 0.05) is 6.42 Å². The maximum absolute atomic E-state index is 11.5. The lowest BCUT2D eigenvalue weighted by atomic mass is 10.2. The van der Waals surface area contributed by atoms with E-state index in [1.165, 1.54) is 11.3 Å². The van der Waals surface area contributed by atoms with Gasteiger partial charge in [-0.05, 0) is 20.3 Å². The van der Waals surface area contributed by atoms with Crippen molar-refractivity contribution in [3.05, 3.63) is 10.7 Å². The Balaban J connectivity index is 2.07. The summed E-state index contributed by atoms with van der Waals surface area (Å²) in [5, 5.41) is 11.3. The van der Waals surface area contributed by atoms with E-state index in [1.54, 1.807) is 0 Å². The van der Waals surface area contributed by atoms with E-state index in [2.05, 4.69) is 20.5 Å². The van der Waals surface area contributed by atoms with Crippen LogP contribution in [0.2, 0.25) is 0 Å². The predicted molar refractivity (Wildman–Crippen MR) is 73.0 cm³/mol. The monoisotopic (exact) mass is 280 g/mol. The summed E-state index contributed by atoms with van der Waals surface area (Å²) < 4.78 is 5.43. The standard InChI is InChI=1S/C12H16N4O2S/c1-4-5-6-9(17)14-12-16-15-11(18-12)10-7(2)13-8(3)19-10/h4-6H2,1-3H3,(H,14,16,17). The quantitative estimate of drug-likeness (QED) is 0.910. The Hall–Kier alpha value is -1.76. The highest BCUT2D eigenvalue weighted by molar-refractivity contribution is 7.15. The van der Waals surface area contributed by atoms with Gasteiger partial charge >= 0.3 is 6.01 Å². The number of hydrogen-bond donors (Lipinski definition) is 1. The Labute approximate surface area is 115 Å². The summed E-state index contributed by atoms with van der Waals surface area (Å²) in [6, 6.07) is 0.140. The van der Waals surface area contributed by atoms with Gasteiger partial charge in [0.05, 0.1) is 10.7 Å². The van der Waals surface area contributed by atoms with Gasteiger partial charge in [0.1, 0.15) is 4.88 Å². The number of carbonyl (C=O) groups is 1. The van der Waals surface area contributed by atoms with Gasteiger partial charge in [-0.1, -0.05) is 18.4 Å². The van der Waals surface area contributed by atoms with Gasteiger partial charge in [-0.25, -0.2) is 4.98 Å². The molecule has 0 unspecified atom stereocenters. The first-order valence-electron chi connectivity index (χ1n) is 6.18. The predicted octanol–water partition coefficient (Wildman–Crippen LogP) is 2.94. The van der Waals surface area contributed by atoms with E-state index < -0.39 is 0 Å². The second-order valence-electron chi connectivity index (χ2n) is 4.21. The Morgan fingerprint density at radius 1 is 1.37 bits per heavy atom. The van der Waals surface area contributed by atoms with Crippen LogP contribution in [0.3, 0.4) is 0 Å². The molecule has 0 saturated heterocycles. The lowest BCUT2D eigenvalue weighted by Gasteiger charge is -1.97. The zero-order valence-corrected chi connectivity index (χ0v) is 12.0. The van der Waals surface area contributed by atoms with Crippen LogP contribution in [0.5, 0.6) is 0 Å². The molecular weight excluding hydrogens is 264 g/mol. The Morgan fingerprint density at radius 2 is 2.16 bits per heavy atom. The van der Waals surface area contributed by atoms with Gasteiger partial charge in [-0.15, -0.1) is 16.4 Å². The number of thiazole rings is 1. The van der Waals surface area contributed by atoms with Crippen LogP contribution in [-0.2, 0) is 4.79 Å². The molecule has 0 aliphatic rings. The molecule has 2 rings (SSSR count). The maximum atomic E-state index is 11.5. The lowest BCUT2D eigenvalue weighted by molar-refractivity contribution is -0.116. The van der Waals surface area contributed by atoms with E-state index in [9.17, 15) is 4.79 Å². The third-order valence-electron chi connectivity index (χ3n) is 2.53. The number of aromatic nitrogens is 3. The van der Waals surface area contributed by atoms with Gasteiger partial charge < -0.3 is 4.42 Å². The summed E-state index contributed by atoms with van der Waals surface area (Å²) in [5.41, 5.74) is 0.856. The van der Waals surface area contributed by atoms with E-state index in [0.29, 0.717) is 12.3 Å². The summed E-state index contributed by atoms with van der Waals surface area (Å²) in [5.74, 6) is 0.295. The van der Waals surface area contributed by atoms with E-state index in [-0.39, 0.29) is 11.9 Å². The van der Waals surface area contributed by atoms with Crippen molar-refractivity contribution >= 4 is 23.3 Å². The topological polar surface area (TPSA) is 80.9 Å². The lowest BCUT2D eigenvalue weighted by Crippen LogP contribution is -2.11. The number of hydrogen-bond acceptors (Lipinski definition) is 6. The van der Waals surface area contributed by atoms with Crippen LogP contribution >= 0.6 is 11.3 Å². The van der Waals surface area contributed by atoms with Crippen LogP contribution < -0.4 is 5.32 Å². The number of nitrogens with zero attached hydrogens (tertiary/aromatic N) is 3. The Kier molecular flexibility index (Phi) is 4.26. The molecular formula is C12H16N4O2S. The SMILES string of the molecule is CCCCC(=O)Nc1nnc(-c2sc(C)nc2C)o1. The highest BCUT2D eigenvalue weighted by Gasteiger charge is 2.15. The summed E-state index contributed by atoms with van der Waals surface area (Å²) in [6.45, 7) is 5.85. The average molecular weight is 280 g/mol. The molecule has 0 spiro atoms. The number of amides is 1. The zero-order chi connectivity index (χ0) is 13.8. The fourth-order valence-electron chi connectivity index (χ4n) is 1.61. The van der Waals surface area contributed by atoms with Gasteiger partial charge in [0.2, 0.25) is 5.91 Å². The molecule has 0 fully saturated rings. The Morgan fingerprint density at radius 3 is 2.79 bits per heavy atom. The van der Waals surface area contributed by atoms with E-state index in [0.717, 1.165) is 28.4 Å². The van der Waals surface area contributed by atoms with Crippen molar-refractivity contribution in [3.63, 3.8) is 0 Å². The second kappa shape index (κ2) is 5.92. The number of unbranched alkanes of at least 4 members (excludes halogenated alkanes) is 1. The van der Waals surface area contributed by atoms with Crippen molar-refractivity contribution in [2.24, 2.45) is 0 Å². The molecule has 1 N–H and O–H groups in total. The van der Waals surface area contributed by atoms with E-state index in [4.69, 9.17) is 4.42 Å². The third kappa shape index (κ3) is 3.37. The van der Waals surface area contributed by atoms with Crippen LogP contribution in [-0.4, -0.2) is 21.1 Å². The van der Waals surface area contributed by atoms with Crippen molar-refractivity contribution in [1.29, 1.82) is 0 Å². The van der Waals surface area contributed by atoms with Gasteiger partial charge in [-0.2, -0.15) is 0 Å². The fraction of sp³-hybridized carbons (Fsp3) is 0.500. The minimum atomic E-state index is -0.103. The van der Waals surface area contributed by atoms with Gasteiger partial charge in [0.25, 0.3) is 5.89 Å². The first kappa shape index (κ1) is 13.7. The molecule has 0 atom stereocenters. The van der Waals surface area contributed by atoms with Crippen LogP contribution in [0.1, 0.15) is 36.9 Å². The summed E-state index contributed by atoms with van der Waals surface area (Å²) >= 11 is 1.49. The number of carbonyl (C=O) groups excluding carboxylic acids is 1. The molecule has 1 amide bonds. The maximum Gasteiger partial charge on any atom is 0.322 e. The molecule has 0 aliphatic carbocycles. The summed E-state index contributed by atoms with van der Waals surface area (Å²) in [4.78, 5) is 16.7. The minimum Gasteiger partial charge on any atom is -0.402 e. The summed E-state index contributed by atoms with van der Waals surface area (Å²) in [7, 11) is 0. The van der Waals surface area contributed by atoms with Crippen LogP contribution in [0.25, 0.3) is 10.8 Å². The van der Waals surface area contributed by atoms with E-state index >= 15 is 0 Å². The molecule has 0 bridgehead atoms. The van der Waals surface area contributed by atoms with Crippen molar-refractivity contribution < 1.29 is 9.21 Å². The molecule has 7 heteroatoms. The minimum absolute atomic E-state index is 0.103. The molecule has 0 aromatic carbocycles. The highest BCUT2D eigenvalue weighted by atomic mass is 32.1. The zero-order valence-electron chi connectivity index (χ0n) is 11.2. The van der Waals surface area contributed by atoms with Gasteiger partial charge in [0.15, 0.2) is 0 Å². The van der Waals surface area contributed by atoms with Gasteiger partial charge in [-0.3, -0.25) is 10.1 Å². The molecule has 0 saturated carbocycles. The van der Waals surface area contributed by atoms with Crippen LogP contribution in [0.15, 0.2) is 4.42 Å². The third-order valence-corrected chi connectivity index (χ3v) is 3.59. The second-order valence-corrected chi connectivity index (χ2v) is 5.41. The first-order chi connectivity index (χ1) is 9.10. The van der Waals surface area contributed by atoms with Crippen molar-refractivity contribution in [3.8, 4) is 10.8 Å². The molecule has 2 heterocycles. The van der Waals surface area contributed by atoms with Crippen molar-refractivity contribution in [1.82, 2.24) is 15.2 Å². The molecule has 0 aliphatic heterocycles. The normalized spacial score (nSPS) is 10.7. The highest BCUT2D eigenvalue weighted by Crippen LogP contribution is 2.29. The number of aryl methyl sites for hydroxylation is 2. The number of nitrogens with one attached hydrogen (secondary N) is 1. The number of rotatable bonds is 5. The Bertz CT molecular complexity index is 576. The van der Waals surface area contributed by atoms with Crippen molar-refractivity contribution in [2.75, 3.05) is 5.32 Å². The average Bonchev–Trinajstić information content (AvgIpc) is 2.93. The van der Waals surface area contributed by atoms with Crippen LogP contribution in [0.4, 0.5) is 6.01 Å². The smallest absolute Gasteiger partial charge is 0.322 e. The molecule has 0 radical (unpaired) electrons. The van der Waals surface area contributed by atoms with E-state index in [1.807, 2.05) is 20.8 Å². The summed E-state index contributed by atoms with van der Waals surface area (Å²) in [6.07, 6.45) is 2.29. The molecule has 2 aromatic rings. The van der Waals surface area contributed by atoms with Crippen LogP contribution in [0, 0.1) is 13.8 Å². The molecule has 2 aromatic heterocycles. The number of anilines is 1.